The van der Waals surface area contributed by atoms with Gasteiger partial charge in [0.25, 0.3) is 0 Å². The Bertz CT molecular complexity index is 478. The highest BCUT2D eigenvalue weighted by Crippen LogP contribution is 2.38. The molecule has 1 fully saturated rings. The van der Waals surface area contributed by atoms with Gasteiger partial charge in [0.05, 0.1) is 15.9 Å². The second kappa shape index (κ2) is 6.73. The van der Waals surface area contributed by atoms with E-state index in [0.29, 0.717) is 18.8 Å². The van der Waals surface area contributed by atoms with Gasteiger partial charge in [-0.3, -0.25) is 4.68 Å². The van der Waals surface area contributed by atoms with Crippen molar-refractivity contribution in [1.29, 1.82) is 0 Å². The molecule has 0 amide bonds. The van der Waals surface area contributed by atoms with Crippen molar-refractivity contribution in [3.05, 3.63) is 15.9 Å². The highest BCUT2D eigenvalue weighted by atomic mass is 79.9. The smallest absolute Gasteiger partial charge is 0.248 e. The number of aromatic nitrogens is 2. The Morgan fingerprint density at radius 1 is 1.43 bits per heavy atom. The Balaban J connectivity index is 2.09. The van der Waals surface area contributed by atoms with Crippen molar-refractivity contribution < 1.29 is 8.78 Å². The first-order valence-electron chi connectivity index (χ1n) is 7.63. The molecule has 0 saturated heterocycles. The van der Waals surface area contributed by atoms with E-state index in [4.69, 9.17) is 0 Å². The molecule has 1 unspecified atom stereocenters. The zero-order valence-electron chi connectivity index (χ0n) is 12.9. The molecule has 3 nitrogen and oxygen atoms in total. The molecule has 1 aliphatic carbocycles. The van der Waals surface area contributed by atoms with Gasteiger partial charge in [0.1, 0.15) is 0 Å². The fourth-order valence-corrected chi connectivity index (χ4v) is 3.74. The van der Waals surface area contributed by atoms with Crippen LogP contribution in [0.1, 0.15) is 44.0 Å². The van der Waals surface area contributed by atoms with Crippen molar-refractivity contribution in [2.45, 2.75) is 57.9 Å². The van der Waals surface area contributed by atoms with Crippen LogP contribution in [0.15, 0.2) is 4.47 Å². The van der Waals surface area contributed by atoms with Crippen LogP contribution in [0.4, 0.5) is 8.78 Å². The first-order valence-corrected chi connectivity index (χ1v) is 8.42. The number of nitrogens with zero attached hydrogens (tertiary/aromatic N) is 2. The van der Waals surface area contributed by atoms with E-state index in [-0.39, 0.29) is 18.9 Å². The predicted molar refractivity (Wildman–Crippen MR) is 83.7 cm³/mol. The number of nitrogens with one attached hydrogen (secondary N) is 1. The highest BCUT2D eigenvalue weighted by Gasteiger charge is 2.37. The highest BCUT2D eigenvalue weighted by molar-refractivity contribution is 9.10. The average molecular weight is 364 g/mol. The molecule has 0 aliphatic heterocycles. The molecule has 1 atom stereocenters. The second-order valence-electron chi connectivity index (χ2n) is 6.03. The monoisotopic (exact) mass is 363 g/mol. The Morgan fingerprint density at radius 3 is 2.52 bits per heavy atom. The molecule has 1 heterocycles. The lowest BCUT2D eigenvalue weighted by Crippen LogP contribution is -2.41. The molecule has 1 saturated carbocycles. The minimum absolute atomic E-state index is 0.0190. The first-order chi connectivity index (χ1) is 9.84. The summed E-state index contributed by atoms with van der Waals surface area (Å²) >= 11 is 3.59. The fraction of sp³-hybridized carbons (Fsp3) is 0.800. The maximum Gasteiger partial charge on any atom is 0.248 e. The molecule has 1 aliphatic rings. The van der Waals surface area contributed by atoms with Gasteiger partial charge in [-0.1, -0.05) is 6.92 Å². The zero-order valence-corrected chi connectivity index (χ0v) is 14.5. The molecule has 1 aromatic rings. The van der Waals surface area contributed by atoms with Crippen molar-refractivity contribution in [3.8, 4) is 0 Å². The molecule has 2 rings (SSSR count). The number of aryl methyl sites for hydroxylation is 2. The van der Waals surface area contributed by atoms with Crippen LogP contribution in [-0.4, -0.2) is 28.3 Å². The van der Waals surface area contributed by atoms with Crippen LogP contribution >= 0.6 is 15.9 Å². The Kier molecular flexibility index (Phi) is 5.41. The number of rotatable bonds is 5. The molecular weight excluding hydrogens is 340 g/mol. The predicted octanol–water partition coefficient (Wildman–Crippen LogP) is 3.84. The van der Waals surface area contributed by atoms with Crippen LogP contribution in [0.2, 0.25) is 0 Å². The third-order valence-electron chi connectivity index (χ3n) is 4.47. The molecule has 0 bridgehead atoms. The van der Waals surface area contributed by atoms with Crippen LogP contribution in [0.3, 0.4) is 0 Å². The third-order valence-corrected chi connectivity index (χ3v) is 5.50. The number of hydrogen-bond acceptors (Lipinski definition) is 2. The molecule has 0 spiro atoms. The number of alkyl halides is 2. The molecule has 21 heavy (non-hydrogen) atoms. The maximum atomic E-state index is 13.3. The van der Waals surface area contributed by atoms with Crippen LogP contribution in [0.5, 0.6) is 0 Å². The number of hydrogen-bond donors (Lipinski definition) is 1. The van der Waals surface area contributed by atoms with Crippen molar-refractivity contribution >= 4 is 15.9 Å². The van der Waals surface area contributed by atoms with Gasteiger partial charge in [-0.15, -0.1) is 0 Å². The van der Waals surface area contributed by atoms with Gasteiger partial charge in [0.2, 0.25) is 5.92 Å². The standard InChI is InChI=1S/C15H24BrF2N3/c1-4-19-12(11-5-7-15(17,18)8-6-11)9-13-14(16)10(2)20-21(13)3/h11-12,19H,4-9H2,1-3H3. The van der Waals surface area contributed by atoms with Crippen LogP contribution in [-0.2, 0) is 13.5 Å². The molecule has 0 aromatic carbocycles. The minimum Gasteiger partial charge on any atom is -0.314 e. The van der Waals surface area contributed by atoms with Crippen LogP contribution in [0, 0.1) is 12.8 Å². The summed E-state index contributed by atoms with van der Waals surface area (Å²) in [6, 6.07) is 0.234. The summed E-state index contributed by atoms with van der Waals surface area (Å²) in [5.74, 6) is -2.15. The van der Waals surface area contributed by atoms with E-state index in [1.165, 1.54) is 0 Å². The summed E-state index contributed by atoms with van der Waals surface area (Å²) in [7, 11) is 1.94. The molecule has 1 N–H and O–H groups in total. The van der Waals surface area contributed by atoms with Crippen molar-refractivity contribution in [2.75, 3.05) is 6.54 Å². The van der Waals surface area contributed by atoms with Gasteiger partial charge >= 0.3 is 0 Å². The Hall–Kier alpha value is -0.490. The minimum atomic E-state index is -2.46. The van der Waals surface area contributed by atoms with E-state index >= 15 is 0 Å². The molecule has 120 valence electrons. The molecule has 0 radical (unpaired) electrons. The average Bonchev–Trinajstić information content (AvgIpc) is 2.65. The molecule has 1 aromatic heterocycles. The lowest BCUT2D eigenvalue weighted by atomic mass is 9.80. The Morgan fingerprint density at radius 2 is 2.05 bits per heavy atom. The van der Waals surface area contributed by atoms with E-state index in [9.17, 15) is 8.78 Å². The fourth-order valence-electron chi connectivity index (χ4n) is 3.24. The summed E-state index contributed by atoms with van der Waals surface area (Å²) in [5.41, 5.74) is 2.11. The topological polar surface area (TPSA) is 29.9 Å². The SMILES string of the molecule is CCNC(Cc1c(Br)c(C)nn1C)C1CCC(F)(F)CC1. The van der Waals surface area contributed by atoms with E-state index in [1.807, 2.05) is 18.7 Å². The van der Waals surface area contributed by atoms with Crippen molar-refractivity contribution in [2.24, 2.45) is 13.0 Å². The Labute approximate surface area is 133 Å². The normalized spacial score (nSPS) is 20.7. The summed E-state index contributed by atoms with van der Waals surface area (Å²) in [6.07, 6.45) is 2.05. The van der Waals surface area contributed by atoms with Gasteiger partial charge in [0.15, 0.2) is 0 Å². The maximum absolute atomic E-state index is 13.3. The number of halogens is 3. The van der Waals surface area contributed by atoms with Gasteiger partial charge in [-0.05, 0) is 48.2 Å². The van der Waals surface area contributed by atoms with Crippen LogP contribution < -0.4 is 5.32 Å². The van der Waals surface area contributed by atoms with Crippen molar-refractivity contribution in [1.82, 2.24) is 15.1 Å². The zero-order chi connectivity index (χ0) is 15.6. The second-order valence-corrected chi connectivity index (χ2v) is 6.82. The van der Waals surface area contributed by atoms with Crippen LogP contribution in [0.25, 0.3) is 0 Å². The summed E-state index contributed by atoms with van der Waals surface area (Å²) in [6.45, 7) is 4.89. The van der Waals surface area contributed by atoms with Gasteiger partial charge in [-0.2, -0.15) is 5.10 Å². The molecular formula is C15H24BrF2N3. The van der Waals surface area contributed by atoms with E-state index < -0.39 is 5.92 Å². The van der Waals surface area contributed by atoms with E-state index in [1.54, 1.807) is 0 Å². The lowest BCUT2D eigenvalue weighted by molar-refractivity contribution is -0.0495. The van der Waals surface area contributed by atoms with Gasteiger partial charge in [-0.25, -0.2) is 8.78 Å². The summed E-state index contributed by atoms with van der Waals surface area (Å²) in [5, 5.41) is 7.90. The third kappa shape index (κ3) is 4.03. The van der Waals surface area contributed by atoms with Gasteiger partial charge in [0, 0.05) is 32.4 Å². The van der Waals surface area contributed by atoms with E-state index in [2.05, 4.69) is 33.3 Å². The lowest BCUT2D eigenvalue weighted by Gasteiger charge is -2.34. The summed E-state index contributed by atoms with van der Waals surface area (Å²) < 4.78 is 29.6. The summed E-state index contributed by atoms with van der Waals surface area (Å²) in [4.78, 5) is 0. The molecule has 6 heteroatoms. The largest absolute Gasteiger partial charge is 0.314 e. The quantitative estimate of drug-likeness (QED) is 0.861. The van der Waals surface area contributed by atoms with Gasteiger partial charge < -0.3 is 5.32 Å². The first kappa shape index (κ1) is 16.9. The number of likely N-dealkylation sites (N-methyl/N-ethyl adjacent to an activating group) is 1. The van der Waals surface area contributed by atoms with Crippen molar-refractivity contribution in [3.63, 3.8) is 0 Å². The van der Waals surface area contributed by atoms with E-state index in [0.717, 1.165) is 28.8 Å².